The zero-order valence-electron chi connectivity index (χ0n) is 25.4. The van der Waals surface area contributed by atoms with Crippen LogP contribution in [0.2, 0.25) is 0 Å². The highest BCUT2D eigenvalue weighted by atomic mass is 16.5. The average Bonchev–Trinajstić information content (AvgIpc) is 3.03. The standard InChI is InChI=1S/C36H39NO6/c1-6-22(2)43-36(39)33-23(3)37-28-18-26(25-16-17-31(40-4)32(20-25)41-5)19-29(38)35(28)34(33)27-14-10-11-15-30(27)42-21-24-12-8-7-9-13-24/h7-17,20,22,26,34,37H,6,18-19,21H2,1-5H3/t22-,26-,34-/m0/s1. The molecule has 1 aliphatic carbocycles. The first kappa shape index (κ1) is 30.0. The van der Waals surface area contributed by atoms with Gasteiger partial charge in [-0.05, 0) is 61.9 Å². The number of nitrogens with one attached hydrogen (secondary N) is 1. The molecule has 7 heteroatoms. The van der Waals surface area contributed by atoms with Crippen LogP contribution in [0.3, 0.4) is 0 Å². The van der Waals surface area contributed by atoms with Gasteiger partial charge in [0.05, 0.1) is 31.8 Å². The van der Waals surface area contributed by atoms with E-state index in [-0.39, 0.29) is 17.8 Å². The third-order valence-electron chi connectivity index (χ3n) is 8.28. The van der Waals surface area contributed by atoms with Crippen LogP contribution in [0.4, 0.5) is 0 Å². The van der Waals surface area contributed by atoms with Gasteiger partial charge in [-0.25, -0.2) is 4.79 Å². The molecular weight excluding hydrogens is 542 g/mol. The molecule has 0 radical (unpaired) electrons. The summed E-state index contributed by atoms with van der Waals surface area (Å²) in [7, 11) is 3.21. The molecule has 1 heterocycles. The van der Waals surface area contributed by atoms with Crippen LogP contribution < -0.4 is 19.5 Å². The molecule has 0 unspecified atom stereocenters. The number of dihydropyridines is 1. The summed E-state index contributed by atoms with van der Waals surface area (Å²) in [6, 6.07) is 23.4. The number of carbonyl (C=O) groups is 2. The number of methoxy groups -OCH3 is 2. The van der Waals surface area contributed by atoms with E-state index in [1.54, 1.807) is 14.2 Å². The van der Waals surface area contributed by atoms with Crippen LogP contribution in [0, 0.1) is 0 Å². The maximum Gasteiger partial charge on any atom is 0.337 e. The fourth-order valence-electron chi connectivity index (χ4n) is 5.88. The number of rotatable bonds is 10. The van der Waals surface area contributed by atoms with Gasteiger partial charge in [-0.15, -0.1) is 0 Å². The van der Waals surface area contributed by atoms with Crippen molar-refractivity contribution in [3.8, 4) is 17.2 Å². The molecule has 1 N–H and O–H groups in total. The maximum atomic E-state index is 14.1. The fourth-order valence-corrected chi connectivity index (χ4v) is 5.88. The van der Waals surface area contributed by atoms with Crippen molar-refractivity contribution < 1.29 is 28.5 Å². The number of hydrogen-bond donors (Lipinski definition) is 1. The van der Waals surface area contributed by atoms with E-state index in [9.17, 15) is 9.59 Å². The summed E-state index contributed by atoms with van der Waals surface area (Å²) in [6.45, 7) is 6.09. The second-order valence-electron chi connectivity index (χ2n) is 11.1. The number of para-hydroxylation sites is 1. The van der Waals surface area contributed by atoms with Crippen LogP contribution in [-0.2, 0) is 20.9 Å². The van der Waals surface area contributed by atoms with E-state index in [0.717, 1.165) is 22.4 Å². The van der Waals surface area contributed by atoms with Crippen LogP contribution in [0.1, 0.15) is 68.6 Å². The van der Waals surface area contributed by atoms with Crippen molar-refractivity contribution in [1.82, 2.24) is 5.32 Å². The highest BCUT2D eigenvalue weighted by molar-refractivity contribution is 6.04. The van der Waals surface area contributed by atoms with Gasteiger partial charge in [0.25, 0.3) is 0 Å². The highest BCUT2D eigenvalue weighted by Crippen LogP contribution is 2.48. The normalized spacial score (nSPS) is 18.9. The molecular formula is C36H39NO6. The summed E-state index contributed by atoms with van der Waals surface area (Å²) in [6.07, 6.45) is 1.33. The number of ketones is 1. The number of benzene rings is 3. The van der Waals surface area contributed by atoms with Crippen molar-refractivity contribution >= 4 is 11.8 Å². The summed E-state index contributed by atoms with van der Waals surface area (Å²) in [5.41, 5.74) is 5.30. The zero-order valence-corrected chi connectivity index (χ0v) is 25.4. The van der Waals surface area contributed by atoms with Gasteiger partial charge >= 0.3 is 5.97 Å². The second-order valence-corrected chi connectivity index (χ2v) is 11.1. The third-order valence-corrected chi connectivity index (χ3v) is 8.28. The lowest BCUT2D eigenvalue weighted by atomic mass is 9.71. The van der Waals surface area contributed by atoms with Gasteiger partial charge in [0.2, 0.25) is 0 Å². The summed E-state index contributed by atoms with van der Waals surface area (Å²) in [4.78, 5) is 27.9. The first-order valence-electron chi connectivity index (χ1n) is 14.8. The highest BCUT2D eigenvalue weighted by Gasteiger charge is 2.42. The van der Waals surface area contributed by atoms with Crippen LogP contribution in [-0.4, -0.2) is 32.1 Å². The van der Waals surface area contributed by atoms with Gasteiger partial charge in [-0.1, -0.05) is 61.5 Å². The van der Waals surface area contributed by atoms with E-state index >= 15 is 0 Å². The Morgan fingerprint density at radius 3 is 2.37 bits per heavy atom. The Kier molecular flexibility index (Phi) is 9.19. The van der Waals surface area contributed by atoms with Crippen molar-refractivity contribution in [2.24, 2.45) is 0 Å². The Morgan fingerprint density at radius 1 is 0.930 bits per heavy atom. The molecule has 0 aromatic heterocycles. The number of allylic oxidation sites excluding steroid dienone is 3. The van der Waals surface area contributed by atoms with Gasteiger partial charge in [-0.2, -0.15) is 0 Å². The van der Waals surface area contributed by atoms with E-state index in [1.165, 1.54) is 0 Å². The average molecular weight is 582 g/mol. The predicted octanol–water partition coefficient (Wildman–Crippen LogP) is 6.99. The van der Waals surface area contributed by atoms with Crippen molar-refractivity contribution in [3.63, 3.8) is 0 Å². The fraction of sp³-hybridized carbons (Fsp3) is 0.333. The smallest absolute Gasteiger partial charge is 0.337 e. The first-order chi connectivity index (χ1) is 20.8. The van der Waals surface area contributed by atoms with Crippen molar-refractivity contribution in [3.05, 3.63) is 112 Å². The van der Waals surface area contributed by atoms with Crippen LogP contribution in [0.25, 0.3) is 0 Å². The van der Waals surface area contributed by atoms with E-state index in [2.05, 4.69) is 5.32 Å². The lowest BCUT2D eigenvalue weighted by Crippen LogP contribution is -2.36. The number of carbonyl (C=O) groups excluding carboxylic acids is 2. The summed E-state index contributed by atoms with van der Waals surface area (Å²) >= 11 is 0. The number of ether oxygens (including phenoxy) is 4. The van der Waals surface area contributed by atoms with Crippen molar-refractivity contribution in [2.45, 2.75) is 64.6 Å². The molecule has 0 fully saturated rings. The van der Waals surface area contributed by atoms with Gasteiger partial charge in [0, 0.05) is 29.0 Å². The summed E-state index contributed by atoms with van der Waals surface area (Å²) in [5, 5.41) is 3.44. The maximum absolute atomic E-state index is 14.1. The molecule has 0 saturated carbocycles. The monoisotopic (exact) mass is 581 g/mol. The number of Topliss-reactive ketones (excluding diaryl/α,β-unsaturated/α-hetero) is 1. The van der Waals surface area contributed by atoms with Crippen LogP contribution in [0.5, 0.6) is 17.2 Å². The SMILES string of the molecule is CC[C@H](C)OC(=O)C1=C(C)NC2=C(C(=O)C[C@@H](c3ccc(OC)c(OC)c3)C2)[C@H]1c1ccccc1OCc1ccccc1. The van der Waals surface area contributed by atoms with Gasteiger partial charge < -0.3 is 24.3 Å². The Morgan fingerprint density at radius 2 is 1.65 bits per heavy atom. The molecule has 2 aliphatic rings. The van der Waals surface area contributed by atoms with Gasteiger partial charge in [-0.3, -0.25) is 4.79 Å². The molecule has 0 bridgehead atoms. The Balaban J connectivity index is 1.56. The Bertz CT molecular complexity index is 1560. The van der Waals surface area contributed by atoms with Gasteiger partial charge in [0.1, 0.15) is 12.4 Å². The zero-order chi connectivity index (χ0) is 30.5. The largest absolute Gasteiger partial charge is 0.493 e. The lowest BCUT2D eigenvalue weighted by Gasteiger charge is -2.37. The molecule has 224 valence electrons. The molecule has 7 nitrogen and oxygen atoms in total. The van der Waals surface area contributed by atoms with Crippen molar-refractivity contribution in [2.75, 3.05) is 14.2 Å². The predicted molar refractivity (Wildman–Crippen MR) is 165 cm³/mol. The topological polar surface area (TPSA) is 83.1 Å². The molecule has 3 aromatic rings. The van der Waals surface area contributed by atoms with E-state index < -0.39 is 11.9 Å². The first-order valence-corrected chi connectivity index (χ1v) is 14.8. The minimum Gasteiger partial charge on any atom is -0.493 e. The minimum atomic E-state index is -0.626. The third kappa shape index (κ3) is 6.31. The van der Waals surface area contributed by atoms with E-state index in [1.807, 2.05) is 93.6 Å². The Labute approximate surface area is 253 Å². The quantitative estimate of drug-likeness (QED) is 0.259. The Hall–Kier alpha value is -4.52. The molecule has 0 saturated heterocycles. The second kappa shape index (κ2) is 13.2. The molecule has 3 atom stereocenters. The minimum absolute atomic E-state index is 0.0160. The molecule has 5 rings (SSSR count). The van der Waals surface area contributed by atoms with E-state index in [0.29, 0.717) is 60.0 Å². The molecule has 3 aromatic carbocycles. The molecule has 1 aliphatic heterocycles. The van der Waals surface area contributed by atoms with E-state index in [4.69, 9.17) is 18.9 Å². The van der Waals surface area contributed by atoms with Crippen molar-refractivity contribution in [1.29, 1.82) is 0 Å². The van der Waals surface area contributed by atoms with Gasteiger partial charge in [0.15, 0.2) is 17.3 Å². The number of hydrogen-bond acceptors (Lipinski definition) is 7. The molecule has 0 spiro atoms. The lowest BCUT2D eigenvalue weighted by molar-refractivity contribution is -0.144. The molecule has 0 amide bonds. The molecule has 43 heavy (non-hydrogen) atoms. The summed E-state index contributed by atoms with van der Waals surface area (Å²) < 4.78 is 23.1. The van der Waals surface area contributed by atoms with Crippen LogP contribution in [0.15, 0.2) is 95.3 Å². The summed E-state index contributed by atoms with van der Waals surface area (Å²) in [5.74, 6) is 0.753. The number of esters is 1. The van der Waals surface area contributed by atoms with Crippen LogP contribution >= 0.6 is 0 Å².